The third kappa shape index (κ3) is 1.75. The Hall–Kier alpha value is -0.380. The van der Waals surface area contributed by atoms with E-state index in [1.165, 1.54) is 32.5 Å². The molecule has 0 amide bonds. The molecule has 2 nitrogen and oxygen atoms in total. The minimum atomic E-state index is 0.727. The summed E-state index contributed by atoms with van der Waals surface area (Å²) in [6, 6.07) is 6.06. The van der Waals surface area contributed by atoms with Gasteiger partial charge in [0.15, 0.2) is 0 Å². The average molecular weight is 262 g/mol. The predicted molar refractivity (Wildman–Crippen MR) is 75.8 cm³/mol. The molecular weight excluding hydrogens is 240 g/mol. The zero-order valence-electron chi connectivity index (χ0n) is 11.0. The van der Waals surface area contributed by atoms with Crippen molar-refractivity contribution >= 4 is 11.3 Å². The standard InChI is InChI=1S/C15H22N2S/c1-10-13-8-16-7-12(13)9-17(10)15(11-4-5-11)14-3-2-6-18-14/h2-3,6,10-13,15-16H,4-5,7-9H2,1H3. The fourth-order valence-corrected chi connectivity index (χ4v) is 5.04. The van der Waals surface area contributed by atoms with Gasteiger partial charge in [0.1, 0.15) is 0 Å². The molecule has 0 bridgehead atoms. The second-order valence-electron chi connectivity index (χ2n) is 6.32. The van der Waals surface area contributed by atoms with Gasteiger partial charge in [-0.15, -0.1) is 11.3 Å². The molecule has 18 heavy (non-hydrogen) atoms. The molecule has 1 saturated carbocycles. The molecule has 3 aliphatic rings. The molecule has 1 aliphatic carbocycles. The van der Waals surface area contributed by atoms with Crippen LogP contribution in [0.4, 0.5) is 0 Å². The highest BCUT2D eigenvalue weighted by Crippen LogP contribution is 2.49. The maximum Gasteiger partial charge on any atom is 0.0472 e. The molecule has 3 fully saturated rings. The lowest BCUT2D eigenvalue weighted by Gasteiger charge is -2.32. The van der Waals surface area contributed by atoms with E-state index in [4.69, 9.17) is 0 Å². The zero-order chi connectivity index (χ0) is 12.1. The molecule has 0 radical (unpaired) electrons. The highest BCUT2D eigenvalue weighted by Gasteiger charge is 2.48. The first-order valence-electron chi connectivity index (χ1n) is 7.34. The maximum atomic E-state index is 3.57. The predicted octanol–water partition coefficient (Wildman–Crippen LogP) is 2.74. The summed E-state index contributed by atoms with van der Waals surface area (Å²) < 4.78 is 0. The van der Waals surface area contributed by atoms with E-state index in [0.29, 0.717) is 0 Å². The molecule has 0 aromatic carbocycles. The number of hydrogen-bond donors (Lipinski definition) is 1. The molecule has 4 rings (SSSR count). The van der Waals surface area contributed by atoms with E-state index >= 15 is 0 Å². The summed E-state index contributed by atoms with van der Waals surface area (Å²) in [5.41, 5.74) is 0. The van der Waals surface area contributed by atoms with Crippen molar-refractivity contribution in [3.05, 3.63) is 22.4 Å². The van der Waals surface area contributed by atoms with Crippen molar-refractivity contribution in [3.8, 4) is 0 Å². The van der Waals surface area contributed by atoms with E-state index in [1.54, 1.807) is 4.88 Å². The first-order chi connectivity index (χ1) is 8.84. The van der Waals surface area contributed by atoms with Crippen LogP contribution < -0.4 is 5.32 Å². The van der Waals surface area contributed by atoms with E-state index in [-0.39, 0.29) is 0 Å². The smallest absolute Gasteiger partial charge is 0.0472 e. The van der Waals surface area contributed by atoms with Crippen LogP contribution in [0.5, 0.6) is 0 Å². The third-order valence-corrected chi connectivity index (χ3v) is 6.18. The molecule has 3 heteroatoms. The Balaban J connectivity index is 1.61. The lowest BCUT2D eigenvalue weighted by molar-refractivity contribution is 0.155. The SMILES string of the molecule is CC1C2CNCC2CN1C(c1cccs1)C1CC1. The first kappa shape index (κ1) is 11.4. The summed E-state index contributed by atoms with van der Waals surface area (Å²) in [5.74, 6) is 2.74. The molecule has 3 heterocycles. The fourth-order valence-electron chi connectivity index (χ4n) is 4.11. The summed E-state index contributed by atoms with van der Waals surface area (Å²) in [6.07, 6.45) is 2.89. The minimum Gasteiger partial charge on any atom is -0.316 e. The zero-order valence-corrected chi connectivity index (χ0v) is 11.8. The van der Waals surface area contributed by atoms with E-state index in [0.717, 1.165) is 29.8 Å². The van der Waals surface area contributed by atoms with Crippen LogP contribution in [0.25, 0.3) is 0 Å². The van der Waals surface area contributed by atoms with Gasteiger partial charge in [0, 0.05) is 23.5 Å². The quantitative estimate of drug-likeness (QED) is 0.901. The van der Waals surface area contributed by atoms with Crippen molar-refractivity contribution in [2.24, 2.45) is 17.8 Å². The van der Waals surface area contributed by atoms with Crippen molar-refractivity contribution in [2.75, 3.05) is 19.6 Å². The maximum absolute atomic E-state index is 3.57. The van der Waals surface area contributed by atoms with Gasteiger partial charge in [0.2, 0.25) is 0 Å². The van der Waals surface area contributed by atoms with Gasteiger partial charge in [0.25, 0.3) is 0 Å². The molecule has 2 aliphatic heterocycles. The fraction of sp³-hybridized carbons (Fsp3) is 0.733. The van der Waals surface area contributed by atoms with E-state index in [2.05, 4.69) is 34.7 Å². The number of thiophene rings is 1. The van der Waals surface area contributed by atoms with E-state index in [9.17, 15) is 0 Å². The van der Waals surface area contributed by atoms with Crippen LogP contribution in [-0.4, -0.2) is 30.6 Å². The van der Waals surface area contributed by atoms with Crippen LogP contribution in [0.15, 0.2) is 17.5 Å². The van der Waals surface area contributed by atoms with Crippen LogP contribution in [0.2, 0.25) is 0 Å². The van der Waals surface area contributed by atoms with E-state index < -0.39 is 0 Å². The highest BCUT2D eigenvalue weighted by molar-refractivity contribution is 7.10. The van der Waals surface area contributed by atoms with Crippen LogP contribution >= 0.6 is 11.3 Å². The highest BCUT2D eigenvalue weighted by atomic mass is 32.1. The van der Waals surface area contributed by atoms with Gasteiger partial charge in [-0.25, -0.2) is 0 Å². The normalized spacial score (nSPS) is 37.9. The van der Waals surface area contributed by atoms with Gasteiger partial charge < -0.3 is 5.32 Å². The van der Waals surface area contributed by atoms with Crippen molar-refractivity contribution < 1.29 is 0 Å². The molecule has 1 N–H and O–H groups in total. The van der Waals surface area contributed by atoms with Crippen LogP contribution in [0.3, 0.4) is 0 Å². The molecule has 1 aromatic rings. The monoisotopic (exact) mass is 262 g/mol. The van der Waals surface area contributed by atoms with Gasteiger partial charge in [-0.3, -0.25) is 4.90 Å². The van der Waals surface area contributed by atoms with Crippen LogP contribution in [-0.2, 0) is 0 Å². The van der Waals surface area contributed by atoms with Gasteiger partial charge in [-0.2, -0.15) is 0 Å². The Morgan fingerprint density at radius 1 is 1.39 bits per heavy atom. The first-order valence-corrected chi connectivity index (χ1v) is 8.22. The molecule has 0 spiro atoms. The number of nitrogens with one attached hydrogen (secondary N) is 1. The lowest BCUT2D eigenvalue weighted by atomic mass is 9.95. The number of fused-ring (bicyclic) bond motifs is 1. The Bertz CT molecular complexity index is 412. The summed E-state index contributed by atoms with van der Waals surface area (Å²) in [7, 11) is 0. The van der Waals surface area contributed by atoms with Gasteiger partial charge >= 0.3 is 0 Å². The summed E-state index contributed by atoms with van der Waals surface area (Å²) >= 11 is 1.96. The lowest BCUT2D eigenvalue weighted by Crippen LogP contribution is -2.37. The molecule has 4 atom stereocenters. The Labute approximate surface area is 113 Å². The van der Waals surface area contributed by atoms with Crippen molar-refractivity contribution in [1.82, 2.24) is 10.2 Å². The second kappa shape index (κ2) is 4.32. The van der Waals surface area contributed by atoms with Crippen LogP contribution in [0, 0.1) is 17.8 Å². The van der Waals surface area contributed by atoms with Gasteiger partial charge in [-0.1, -0.05) is 6.07 Å². The van der Waals surface area contributed by atoms with Crippen LogP contribution in [0.1, 0.15) is 30.7 Å². The van der Waals surface area contributed by atoms with Crippen molar-refractivity contribution in [2.45, 2.75) is 31.8 Å². The Morgan fingerprint density at radius 3 is 2.94 bits per heavy atom. The van der Waals surface area contributed by atoms with Gasteiger partial charge in [-0.05, 0) is 62.1 Å². The number of likely N-dealkylation sites (tertiary alicyclic amines) is 1. The topological polar surface area (TPSA) is 15.3 Å². The number of rotatable bonds is 3. The molecule has 98 valence electrons. The largest absolute Gasteiger partial charge is 0.316 e. The van der Waals surface area contributed by atoms with Crippen molar-refractivity contribution in [3.63, 3.8) is 0 Å². The average Bonchev–Trinajstić information content (AvgIpc) is 2.80. The Kier molecular flexibility index (Phi) is 2.75. The third-order valence-electron chi connectivity index (χ3n) is 5.24. The molecule has 2 saturated heterocycles. The van der Waals surface area contributed by atoms with E-state index in [1.807, 2.05) is 11.3 Å². The van der Waals surface area contributed by atoms with Gasteiger partial charge in [0.05, 0.1) is 0 Å². The molecular formula is C15H22N2S. The second-order valence-corrected chi connectivity index (χ2v) is 7.30. The summed E-state index contributed by atoms with van der Waals surface area (Å²) in [4.78, 5) is 4.44. The summed E-state index contributed by atoms with van der Waals surface area (Å²) in [6.45, 7) is 6.26. The number of nitrogens with zero attached hydrogens (tertiary/aromatic N) is 1. The Morgan fingerprint density at radius 2 is 2.28 bits per heavy atom. The van der Waals surface area contributed by atoms with Crippen molar-refractivity contribution in [1.29, 1.82) is 0 Å². The summed E-state index contributed by atoms with van der Waals surface area (Å²) in [5, 5.41) is 5.81. The number of hydrogen-bond acceptors (Lipinski definition) is 3. The molecule has 1 aromatic heterocycles. The minimum absolute atomic E-state index is 0.727. The molecule has 4 unspecified atom stereocenters.